The molecule has 28 heavy (non-hydrogen) atoms. The summed E-state index contributed by atoms with van der Waals surface area (Å²) in [7, 11) is 3.13. The van der Waals surface area contributed by atoms with Crippen molar-refractivity contribution in [1.82, 2.24) is 0 Å². The lowest BCUT2D eigenvalue weighted by atomic mass is 10.0. The topological polar surface area (TPSA) is 50.8 Å². The number of nitrogens with one attached hydrogen (secondary N) is 1. The largest absolute Gasteiger partial charge is 0.493 e. The van der Waals surface area contributed by atoms with E-state index in [0.29, 0.717) is 22.7 Å². The molecule has 5 nitrogen and oxygen atoms in total. The van der Waals surface area contributed by atoms with Gasteiger partial charge in [-0.3, -0.25) is 9.69 Å². The van der Waals surface area contributed by atoms with Crippen LogP contribution in [0.1, 0.15) is 22.1 Å². The highest BCUT2D eigenvalue weighted by Gasteiger charge is 2.34. The third kappa shape index (κ3) is 3.03. The smallest absolute Gasteiger partial charge is 0.262 e. The average molecular weight is 378 g/mol. The van der Waals surface area contributed by atoms with Crippen molar-refractivity contribution in [2.75, 3.05) is 24.4 Å². The quantitative estimate of drug-likeness (QED) is 0.720. The molecule has 1 aliphatic heterocycles. The fraction of sp³-hybridized carbons (Fsp3) is 0.136. The minimum absolute atomic E-state index is 0.166. The van der Waals surface area contributed by atoms with E-state index >= 15 is 0 Å². The predicted octanol–water partition coefficient (Wildman–Crippen LogP) is 4.61. The summed E-state index contributed by atoms with van der Waals surface area (Å²) in [4.78, 5) is 14.9. The monoisotopic (exact) mass is 378 g/mol. The number of ether oxygens (including phenoxy) is 2. The van der Waals surface area contributed by atoms with E-state index in [2.05, 4.69) is 5.32 Å². The molecule has 0 aliphatic carbocycles. The summed E-state index contributed by atoms with van der Waals surface area (Å²) in [6.45, 7) is 0. The molecule has 0 radical (unpaired) electrons. The maximum absolute atomic E-state index is 13.4. The fourth-order valence-corrected chi connectivity index (χ4v) is 3.38. The van der Waals surface area contributed by atoms with Gasteiger partial charge in [0.15, 0.2) is 11.5 Å². The number of halogens is 1. The number of hydrogen-bond acceptors (Lipinski definition) is 4. The molecule has 0 fully saturated rings. The van der Waals surface area contributed by atoms with Gasteiger partial charge in [0.2, 0.25) is 0 Å². The summed E-state index contributed by atoms with van der Waals surface area (Å²) >= 11 is 0. The highest BCUT2D eigenvalue weighted by Crippen LogP contribution is 2.39. The van der Waals surface area contributed by atoms with Gasteiger partial charge in [-0.05, 0) is 54.1 Å². The summed E-state index contributed by atoms with van der Waals surface area (Å²) in [5.41, 5.74) is 2.70. The molecule has 3 aromatic rings. The van der Waals surface area contributed by atoms with Gasteiger partial charge in [0.25, 0.3) is 5.91 Å². The van der Waals surface area contributed by atoms with Crippen molar-refractivity contribution < 1.29 is 18.7 Å². The van der Waals surface area contributed by atoms with Crippen LogP contribution in [0.15, 0.2) is 66.7 Å². The SMILES string of the molecule is COc1ccc([C@@H]2Nc3ccccc3C(=O)N2c2ccc(F)cc2)cc1OC. The first-order valence-corrected chi connectivity index (χ1v) is 8.79. The third-order valence-electron chi connectivity index (χ3n) is 4.75. The number of amides is 1. The minimum Gasteiger partial charge on any atom is -0.493 e. The number of hydrogen-bond donors (Lipinski definition) is 1. The molecule has 0 bridgehead atoms. The van der Waals surface area contributed by atoms with Crippen LogP contribution in [0.2, 0.25) is 0 Å². The van der Waals surface area contributed by atoms with Gasteiger partial charge < -0.3 is 14.8 Å². The molecule has 6 heteroatoms. The fourth-order valence-electron chi connectivity index (χ4n) is 3.38. The number of rotatable bonds is 4. The van der Waals surface area contributed by atoms with Crippen LogP contribution < -0.4 is 19.7 Å². The Morgan fingerprint density at radius 3 is 2.36 bits per heavy atom. The minimum atomic E-state index is -0.493. The lowest BCUT2D eigenvalue weighted by Gasteiger charge is -2.38. The van der Waals surface area contributed by atoms with Crippen molar-refractivity contribution in [3.05, 3.63) is 83.7 Å². The number of benzene rings is 3. The Balaban J connectivity index is 1.85. The predicted molar refractivity (Wildman–Crippen MR) is 106 cm³/mol. The maximum Gasteiger partial charge on any atom is 0.262 e. The second-order valence-electron chi connectivity index (χ2n) is 6.36. The standard InChI is InChI=1S/C22H19FN2O3/c1-27-19-12-7-14(13-20(19)28-2)21-24-18-6-4-3-5-17(18)22(26)25(21)16-10-8-15(23)9-11-16/h3-13,21,24H,1-2H3/t21-/m1/s1. The number of fused-ring (bicyclic) bond motifs is 1. The van der Waals surface area contributed by atoms with E-state index in [4.69, 9.17) is 9.47 Å². The van der Waals surface area contributed by atoms with Crippen LogP contribution in [-0.4, -0.2) is 20.1 Å². The molecule has 0 saturated heterocycles. The number of carbonyl (C=O) groups excluding carboxylic acids is 1. The van der Waals surface area contributed by atoms with Crippen molar-refractivity contribution in [2.45, 2.75) is 6.17 Å². The van der Waals surface area contributed by atoms with E-state index in [-0.39, 0.29) is 11.7 Å². The van der Waals surface area contributed by atoms with E-state index < -0.39 is 6.17 Å². The Bertz CT molecular complexity index is 1020. The van der Waals surface area contributed by atoms with Gasteiger partial charge in [0.05, 0.1) is 19.8 Å². The first-order valence-electron chi connectivity index (χ1n) is 8.79. The first-order chi connectivity index (χ1) is 13.6. The van der Waals surface area contributed by atoms with Crippen molar-refractivity contribution in [3.63, 3.8) is 0 Å². The summed E-state index contributed by atoms with van der Waals surface area (Å²) in [5.74, 6) is 0.638. The molecule has 0 unspecified atom stereocenters. The van der Waals surface area contributed by atoms with Gasteiger partial charge in [-0.15, -0.1) is 0 Å². The number of anilines is 2. The molecule has 1 atom stereocenters. The second-order valence-corrected chi connectivity index (χ2v) is 6.36. The van der Waals surface area contributed by atoms with Crippen molar-refractivity contribution >= 4 is 17.3 Å². The van der Waals surface area contributed by atoms with Crippen molar-refractivity contribution in [3.8, 4) is 11.5 Å². The van der Waals surface area contributed by atoms with Gasteiger partial charge in [-0.25, -0.2) is 4.39 Å². The number of carbonyl (C=O) groups is 1. The lowest BCUT2D eigenvalue weighted by Crippen LogP contribution is -2.43. The van der Waals surface area contributed by atoms with E-state index in [0.717, 1.165) is 11.3 Å². The summed E-state index contributed by atoms with van der Waals surface area (Å²) in [6, 6.07) is 18.7. The van der Waals surface area contributed by atoms with E-state index in [1.165, 1.54) is 12.1 Å². The van der Waals surface area contributed by atoms with Gasteiger partial charge in [-0.1, -0.05) is 18.2 Å². The van der Waals surface area contributed by atoms with Crippen molar-refractivity contribution in [2.24, 2.45) is 0 Å². The lowest BCUT2D eigenvalue weighted by molar-refractivity contribution is 0.0975. The molecule has 0 aromatic heterocycles. The maximum atomic E-state index is 13.4. The Labute approximate surface area is 162 Å². The molecule has 4 rings (SSSR count). The van der Waals surface area contributed by atoms with Crippen LogP contribution >= 0.6 is 0 Å². The summed E-state index contributed by atoms with van der Waals surface area (Å²) in [5, 5.41) is 3.41. The summed E-state index contributed by atoms with van der Waals surface area (Å²) < 4.78 is 24.2. The van der Waals surface area contributed by atoms with Crippen LogP contribution in [0.4, 0.5) is 15.8 Å². The van der Waals surface area contributed by atoms with Gasteiger partial charge in [0.1, 0.15) is 12.0 Å². The Morgan fingerprint density at radius 2 is 1.64 bits per heavy atom. The Hall–Kier alpha value is -3.54. The van der Waals surface area contributed by atoms with Crippen LogP contribution in [0.5, 0.6) is 11.5 Å². The normalized spacial score (nSPS) is 15.6. The van der Waals surface area contributed by atoms with Gasteiger partial charge in [0, 0.05) is 11.4 Å². The zero-order valence-electron chi connectivity index (χ0n) is 15.5. The average Bonchev–Trinajstić information content (AvgIpc) is 2.74. The van der Waals surface area contributed by atoms with Gasteiger partial charge in [-0.2, -0.15) is 0 Å². The molecular formula is C22H19FN2O3. The zero-order chi connectivity index (χ0) is 19.7. The highest BCUT2D eigenvalue weighted by molar-refractivity contribution is 6.12. The van der Waals surface area contributed by atoms with Crippen LogP contribution in [0, 0.1) is 5.82 Å². The molecule has 1 aliphatic rings. The van der Waals surface area contributed by atoms with Gasteiger partial charge >= 0.3 is 0 Å². The molecule has 0 saturated carbocycles. The first kappa shape index (κ1) is 17.9. The molecule has 0 spiro atoms. The van der Waals surface area contributed by atoms with E-state index in [1.807, 2.05) is 30.3 Å². The summed E-state index contributed by atoms with van der Waals surface area (Å²) in [6.07, 6.45) is -0.493. The Kier molecular flexibility index (Phi) is 4.61. The third-order valence-corrected chi connectivity index (χ3v) is 4.75. The molecule has 1 heterocycles. The van der Waals surface area contributed by atoms with E-state index in [9.17, 15) is 9.18 Å². The Morgan fingerprint density at radius 1 is 0.929 bits per heavy atom. The zero-order valence-corrected chi connectivity index (χ0v) is 15.5. The number of para-hydroxylation sites is 1. The van der Waals surface area contributed by atoms with Crippen LogP contribution in [0.25, 0.3) is 0 Å². The van der Waals surface area contributed by atoms with E-state index in [1.54, 1.807) is 43.4 Å². The van der Waals surface area contributed by atoms with Crippen LogP contribution in [0.3, 0.4) is 0 Å². The second kappa shape index (κ2) is 7.23. The molecule has 142 valence electrons. The van der Waals surface area contributed by atoms with Crippen LogP contribution in [-0.2, 0) is 0 Å². The molecule has 1 N–H and O–H groups in total. The number of nitrogens with zero attached hydrogens (tertiary/aromatic N) is 1. The molecule has 3 aromatic carbocycles. The highest BCUT2D eigenvalue weighted by atomic mass is 19.1. The molecular weight excluding hydrogens is 359 g/mol. The van der Waals surface area contributed by atoms with Crippen molar-refractivity contribution in [1.29, 1.82) is 0 Å². The number of methoxy groups -OCH3 is 2. The molecule has 1 amide bonds.